The van der Waals surface area contributed by atoms with Gasteiger partial charge in [-0.2, -0.15) is 0 Å². The molecule has 3 unspecified atom stereocenters. The number of rotatable bonds is 4. The summed E-state index contributed by atoms with van der Waals surface area (Å²) < 4.78 is 10.4. The number of fused-ring (bicyclic) bond motifs is 3. The molecule has 11 nitrogen and oxygen atoms in total. The number of benzene rings is 2. The van der Waals surface area contributed by atoms with Gasteiger partial charge in [-0.3, -0.25) is 19.7 Å². The zero-order valence-electron chi connectivity index (χ0n) is 20.2. The number of carbonyl (C=O) groups excluding carboxylic acids is 4. The number of carbonyl (C=O) groups is 4. The van der Waals surface area contributed by atoms with Crippen LogP contribution < -0.4 is 20.5 Å². The fourth-order valence-corrected chi connectivity index (χ4v) is 5.64. The monoisotopic (exact) mass is 520 g/mol. The van der Waals surface area contributed by atoms with Gasteiger partial charge in [0.05, 0.1) is 18.6 Å². The molecule has 2 amide bonds. The predicted octanol–water partition coefficient (Wildman–Crippen LogP) is 3.09. The summed E-state index contributed by atoms with van der Waals surface area (Å²) in [5.41, 5.74) is 5.11. The minimum Gasteiger partial charge on any atom is -0.511 e. The minimum absolute atomic E-state index is 0.0365. The molecule has 0 heterocycles. The van der Waals surface area contributed by atoms with Gasteiger partial charge in [0.25, 0.3) is 5.91 Å². The molecule has 3 aliphatic carbocycles. The second-order valence-electron chi connectivity index (χ2n) is 9.43. The average molecular weight is 520 g/mol. The highest BCUT2D eigenvalue weighted by atomic mass is 16.6. The Hall–Kier alpha value is -4.80. The summed E-state index contributed by atoms with van der Waals surface area (Å²) >= 11 is 0. The Labute approximate surface area is 216 Å². The SMILES string of the molecule is COc1ccc(OC(=O)Nc2ccc(O)c3c2CC2CC4CC(O)=C(C(N)=O)C(=O)C4C(O)=C2C3=O)cc1. The first-order chi connectivity index (χ1) is 18.1. The van der Waals surface area contributed by atoms with Crippen molar-refractivity contribution in [3.8, 4) is 17.2 Å². The number of amides is 2. The fraction of sp³-hybridized carbons (Fsp3) is 0.259. The summed E-state index contributed by atoms with van der Waals surface area (Å²) in [5.74, 6) is -5.42. The van der Waals surface area contributed by atoms with Gasteiger partial charge >= 0.3 is 6.09 Å². The smallest absolute Gasteiger partial charge is 0.417 e. The van der Waals surface area contributed by atoms with E-state index in [-0.39, 0.29) is 47.6 Å². The summed E-state index contributed by atoms with van der Waals surface area (Å²) in [6.45, 7) is 0. The van der Waals surface area contributed by atoms with E-state index in [1.807, 2.05) is 0 Å². The highest BCUT2D eigenvalue weighted by molar-refractivity contribution is 6.22. The van der Waals surface area contributed by atoms with Crippen molar-refractivity contribution in [2.45, 2.75) is 19.3 Å². The van der Waals surface area contributed by atoms with E-state index in [1.54, 1.807) is 24.3 Å². The summed E-state index contributed by atoms with van der Waals surface area (Å²) in [6.07, 6.45) is -0.501. The second-order valence-corrected chi connectivity index (χ2v) is 9.43. The molecular formula is C27H24N2O9. The Morgan fingerprint density at radius 2 is 1.68 bits per heavy atom. The van der Waals surface area contributed by atoms with Gasteiger partial charge in [-0.15, -0.1) is 0 Å². The Morgan fingerprint density at radius 3 is 2.34 bits per heavy atom. The third kappa shape index (κ3) is 4.01. The van der Waals surface area contributed by atoms with E-state index in [0.29, 0.717) is 11.3 Å². The van der Waals surface area contributed by atoms with Crippen LogP contribution in [0, 0.1) is 17.8 Å². The van der Waals surface area contributed by atoms with Crippen LogP contribution in [-0.4, -0.2) is 46.0 Å². The van der Waals surface area contributed by atoms with Crippen molar-refractivity contribution in [1.82, 2.24) is 0 Å². The molecule has 0 aromatic heterocycles. The van der Waals surface area contributed by atoms with Gasteiger partial charge < -0.3 is 30.5 Å². The van der Waals surface area contributed by atoms with E-state index in [9.17, 15) is 34.5 Å². The molecule has 0 radical (unpaired) electrons. The number of anilines is 1. The lowest BCUT2D eigenvalue weighted by Gasteiger charge is -2.41. The van der Waals surface area contributed by atoms with Crippen LogP contribution in [0.5, 0.6) is 17.2 Å². The number of methoxy groups -OCH3 is 1. The van der Waals surface area contributed by atoms with Crippen LogP contribution in [0.4, 0.5) is 10.5 Å². The molecule has 0 aliphatic heterocycles. The standard InChI is InChI=1S/C27H24N2O9/c1-37-13-2-4-14(5-3-13)38-27(36)29-16-6-7-17(30)21-15(16)9-11-8-12-10-18(31)22(26(28)35)25(34)20(12)23(32)19(11)24(21)33/h2-7,11-12,20,30-32H,8-10H2,1H3,(H2,28,35)(H,29,36). The largest absolute Gasteiger partial charge is 0.511 e. The number of aromatic hydroxyl groups is 1. The first-order valence-corrected chi connectivity index (χ1v) is 11.8. The molecule has 38 heavy (non-hydrogen) atoms. The Morgan fingerprint density at radius 1 is 1.00 bits per heavy atom. The molecular weight excluding hydrogens is 496 g/mol. The van der Waals surface area contributed by atoms with Gasteiger partial charge in [0.2, 0.25) is 0 Å². The van der Waals surface area contributed by atoms with Crippen molar-refractivity contribution in [2.24, 2.45) is 23.5 Å². The Bertz CT molecular complexity index is 1460. The lowest BCUT2D eigenvalue weighted by Crippen LogP contribution is -2.43. The third-order valence-corrected chi connectivity index (χ3v) is 7.28. The number of ketones is 2. The topological polar surface area (TPSA) is 185 Å². The van der Waals surface area contributed by atoms with E-state index in [0.717, 1.165) is 0 Å². The van der Waals surface area contributed by atoms with Crippen molar-refractivity contribution >= 4 is 29.3 Å². The van der Waals surface area contributed by atoms with E-state index < -0.39 is 58.4 Å². The minimum atomic E-state index is -1.20. The number of hydrogen-bond donors (Lipinski definition) is 5. The van der Waals surface area contributed by atoms with Gasteiger partial charge in [0, 0.05) is 17.7 Å². The van der Waals surface area contributed by atoms with Gasteiger partial charge in [-0.1, -0.05) is 0 Å². The predicted molar refractivity (Wildman–Crippen MR) is 132 cm³/mol. The Kier molecular flexibility index (Phi) is 6.06. The van der Waals surface area contributed by atoms with Crippen LogP contribution in [0.15, 0.2) is 59.1 Å². The number of nitrogens with two attached hydrogens (primary N) is 1. The molecule has 0 fully saturated rings. The van der Waals surface area contributed by atoms with Crippen LogP contribution >= 0.6 is 0 Å². The van der Waals surface area contributed by atoms with Crippen molar-refractivity contribution in [3.63, 3.8) is 0 Å². The number of primary amides is 1. The molecule has 3 aliphatic rings. The molecule has 3 atom stereocenters. The summed E-state index contributed by atoms with van der Waals surface area (Å²) in [6, 6.07) is 9.01. The average Bonchev–Trinajstić information content (AvgIpc) is 2.85. The summed E-state index contributed by atoms with van der Waals surface area (Å²) in [4.78, 5) is 50.8. The first-order valence-electron chi connectivity index (χ1n) is 11.8. The molecule has 2 aromatic carbocycles. The number of aliphatic hydroxyl groups excluding tert-OH is 2. The van der Waals surface area contributed by atoms with Crippen molar-refractivity contribution in [2.75, 3.05) is 12.4 Å². The maximum Gasteiger partial charge on any atom is 0.417 e. The normalized spacial score (nSPS) is 22.3. The molecule has 2 aromatic rings. The van der Waals surface area contributed by atoms with Gasteiger partial charge in [-0.05, 0) is 66.6 Å². The number of nitrogens with one attached hydrogen (secondary N) is 1. The first kappa shape index (κ1) is 24.9. The number of phenols is 1. The quantitative estimate of drug-likeness (QED) is 0.298. The molecule has 11 heteroatoms. The van der Waals surface area contributed by atoms with Gasteiger partial charge in [-0.25, -0.2) is 4.79 Å². The lowest BCUT2D eigenvalue weighted by molar-refractivity contribution is -0.126. The van der Waals surface area contributed by atoms with E-state index in [2.05, 4.69) is 5.32 Å². The van der Waals surface area contributed by atoms with Crippen LogP contribution in [0.2, 0.25) is 0 Å². The van der Waals surface area contributed by atoms with Crippen LogP contribution in [0.3, 0.4) is 0 Å². The molecule has 5 rings (SSSR count). The number of ether oxygens (including phenoxy) is 2. The highest BCUT2D eigenvalue weighted by Gasteiger charge is 2.50. The second kappa shape index (κ2) is 9.25. The molecule has 196 valence electrons. The summed E-state index contributed by atoms with van der Waals surface area (Å²) in [7, 11) is 1.51. The van der Waals surface area contributed by atoms with E-state index >= 15 is 0 Å². The maximum absolute atomic E-state index is 13.5. The fourth-order valence-electron chi connectivity index (χ4n) is 5.64. The van der Waals surface area contributed by atoms with Crippen LogP contribution in [-0.2, 0) is 16.0 Å². The number of allylic oxidation sites excluding steroid dienone is 3. The van der Waals surface area contributed by atoms with E-state index in [4.69, 9.17) is 15.2 Å². The molecule has 0 bridgehead atoms. The van der Waals surface area contributed by atoms with Crippen LogP contribution in [0.1, 0.15) is 28.8 Å². The number of hydrogen-bond acceptors (Lipinski definition) is 9. The number of Topliss-reactive ketones (excluding diaryl/α,β-unsaturated/α-hetero) is 2. The van der Waals surface area contributed by atoms with Crippen LogP contribution in [0.25, 0.3) is 0 Å². The highest BCUT2D eigenvalue weighted by Crippen LogP contribution is 2.50. The lowest BCUT2D eigenvalue weighted by atomic mass is 9.62. The maximum atomic E-state index is 13.5. The molecule has 0 saturated heterocycles. The molecule has 6 N–H and O–H groups in total. The number of aliphatic hydroxyl groups is 2. The Balaban J connectivity index is 1.46. The molecule has 0 saturated carbocycles. The zero-order chi connectivity index (χ0) is 27.3. The van der Waals surface area contributed by atoms with Gasteiger partial charge in [0.15, 0.2) is 11.6 Å². The van der Waals surface area contributed by atoms with Crippen molar-refractivity contribution in [3.05, 3.63) is 70.2 Å². The van der Waals surface area contributed by atoms with Crippen molar-refractivity contribution in [1.29, 1.82) is 0 Å². The number of phenolic OH excluding ortho intramolecular Hbond substituents is 1. The zero-order valence-corrected chi connectivity index (χ0v) is 20.2. The molecule has 0 spiro atoms. The van der Waals surface area contributed by atoms with Crippen molar-refractivity contribution < 1.29 is 44.0 Å². The summed E-state index contributed by atoms with van der Waals surface area (Å²) in [5, 5.41) is 34.5. The van der Waals surface area contributed by atoms with Gasteiger partial charge in [0.1, 0.15) is 34.3 Å². The van der Waals surface area contributed by atoms with E-state index in [1.165, 1.54) is 19.2 Å². The third-order valence-electron chi connectivity index (χ3n) is 7.28.